The third-order valence-electron chi connectivity index (χ3n) is 7.41. The van der Waals surface area contributed by atoms with Crippen molar-refractivity contribution in [2.45, 2.75) is 71.5 Å². The highest BCUT2D eigenvalue weighted by atomic mass is 16.2. The summed E-state index contributed by atoms with van der Waals surface area (Å²) in [6.07, 6.45) is 7.35. The predicted octanol–water partition coefficient (Wildman–Crippen LogP) is 6.27. The average molecular weight is 446 g/mol. The van der Waals surface area contributed by atoms with E-state index in [0.717, 1.165) is 25.2 Å². The first kappa shape index (κ1) is 23.6. The average Bonchev–Trinajstić information content (AvgIpc) is 3.07. The first-order chi connectivity index (χ1) is 16.0. The van der Waals surface area contributed by atoms with Crippen molar-refractivity contribution in [2.24, 2.45) is 0 Å². The number of hydrogen-bond donors (Lipinski definition) is 0. The second kappa shape index (κ2) is 10.6. The Kier molecular flexibility index (Phi) is 7.54. The summed E-state index contributed by atoms with van der Waals surface area (Å²) in [5, 5.41) is 0. The van der Waals surface area contributed by atoms with Crippen molar-refractivity contribution < 1.29 is 4.79 Å². The van der Waals surface area contributed by atoms with E-state index in [1.54, 1.807) is 0 Å². The molecule has 4 nitrogen and oxygen atoms in total. The number of carbonyl (C=O) groups excluding carboxylic acids is 1. The number of para-hydroxylation sites is 1. The number of carbonyl (C=O) groups is 1. The maximum absolute atomic E-state index is 12.8. The van der Waals surface area contributed by atoms with Crippen LogP contribution < -0.4 is 4.90 Å². The summed E-state index contributed by atoms with van der Waals surface area (Å²) in [5.74, 6) is 0.114. The minimum Gasteiger partial charge on any atom is -0.339 e. The first-order valence-electron chi connectivity index (χ1n) is 12.6. The van der Waals surface area contributed by atoms with Gasteiger partial charge in [0.15, 0.2) is 0 Å². The number of benzene rings is 2. The molecule has 2 heterocycles. The molecular formula is C29H39N3O. The van der Waals surface area contributed by atoms with E-state index >= 15 is 0 Å². The maximum Gasteiger partial charge on any atom is 0.253 e. The number of anilines is 2. The highest BCUT2D eigenvalue weighted by Crippen LogP contribution is 2.41. The van der Waals surface area contributed by atoms with E-state index in [2.05, 4.69) is 72.2 Å². The predicted molar refractivity (Wildman–Crippen MR) is 138 cm³/mol. The van der Waals surface area contributed by atoms with Crippen LogP contribution in [-0.2, 0) is 0 Å². The van der Waals surface area contributed by atoms with E-state index in [4.69, 9.17) is 0 Å². The standard InChI is InChI=1S/C29H39N3O/c1-5-30(6-2)29(33)23-12-14-25(15-13-23)32(24-10-8-7-9-11-24)28-20-26-16-17-27(21-28)31(26)19-18-22(3)4/h7-15,18,26-28H,5-6,16-17,19-21H2,1-4H3. The molecule has 2 unspecified atom stereocenters. The van der Waals surface area contributed by atoms with Crippen LogP contribution in [0.1, 0.15) is 63.7 Å². The molecule has 176 valence electrons. The van der Waals surface area contributed by atoms with Crippen molar-refractivity contribution in [1.82, 2.24) is 9.80 Å². The van der Waals surface area contributed by atoms with Crippen molar-refractivity contribution in [1.29, 1.82) is 0 Å². The molecular weight excluding hydrogens is 406 g/mol. The molecule has 33 heavy (non-hydrogen) atoms. The minimum absolute atomic E-state index is 0.114. The molecule has 2 atom stereocenters. The molecule has 2 bridgehead atoms. The van der Waals surface area contributed by atoms with E-state index in [1.165, 1.54) is 42.6 Å². The van der Waals surface area contributed by atoms with Crippen LogP contribution in [0.4, 0.5) is 11.4 Å². The van der Waals surface area contributed by atoms with Gasteiger partial charge in [-0.05, 0) is 89.8 Å². The van der Waals surface area contributed by atoms with Crippen molar-refractivity contribution in [3.05, 3.63) is 71.8 Å². The Bertz CT molecular complexity index is 931. The number of fused-ring (bicyclic) bond motifs is 2. The van der Waals surface area contributed by atoms with Gasteiger partial charge in [0, 0.05) is 54.7 Å². The van der Waals surface area contributed by atoms with E-state index in [0.29, 0.717) is 18.1 Å². The molecule has 2 aliphatic rings. The normalized spacial score (nSPS) is 22.1. The number of nitrogens with zero attached hydrogens (tertiary/aromatic N) is 3. The molecule has 0 N–H and O–H groups in total. The third-order valence-corrected chi connectivity index (χ3v) is 7.41. The maximum atomic E-state index is 12.8. The van der Waals surface area contributed by atoms with Gasteiger partial charge in [-0.25, -0.2) is 0 Å². The molecule has 4 heteroatoms. The zero-order valence-electron chi connectivity index (χ0n) is 20.7. The van der Waals surface area contributed by atoms with Crippen LogP contribution in [-0.4, -0.2) is 53.5 Å². The second-order valence-corrected chi connectivity index (χ2v) is 9.72. The molecule has 2 saturated heterocycles. The van der Waals surface area contributed by atoms with E-state index in [-0.39, 0.29) is 5.91 Å². The van der Waals surface area contributed by atoms with Gasteiger partial charge in [0.05, 0.1) is 0 Å². The quantitative estimate of drug-likeness (QED) is 0.448. The molecule has 2 fully saturated rings. The van der Waals surface area contributed by atoms with Gasteiger partial charge >= 0.3 is 0 Å². The van der Waals surface area contributed by atoms with Gasteiger partial charge in [-0.1, -0.05) is 29.8 Å². The van der Waals surface area contributed by atoms with Crippen LogP contribution in [0.3, 0.4) is 0 Å². The van der Waals surface area contributed by atoms with Crippen LogP contribution >= 0.6 is 0 Å². The summed E-state index contributed by atoms with van der Waals surface area (Å²) in [7, 11) is 0. The SMILES string of the molecule is CCN(CC)C(=O)c1ccc(N(c2ccccc2)C2CC3CCC(C2)N3CC=C(C)C)cc1. The smallest absolute Gasteiger partial charge is 0.253 e. The van der Waals surface area contributed by atoms with Crippen molar-refractivity contribution >= 4 is 17.3 Å². The van der Waals surface area contributed by atoms with Gasteiger partial charge in [-0.3, -0.25) is 9.69 Å². The highest BCUT2D eigenvalue weighted by Gasteiger charge is 2.42. The Hall–Kier alpha value is -2.59. The Balaban J connectivity index is 1.59. The third kappa shape index (κ3) is 5.16. The van der Waals surface area contributed by atoms with Crippen LogP contribution in [0.25, 0.3) is 0 Å². The first-order valence-corrected chi connectivity index (χ1v) is 12.6. The van der Waals surface area contributed by atoms with E-state index in [9.17, 15) is 4.79 Å². The number of amides is 1. The Morgan fingerprint density at radius 3 is 2.03 bits per heavy atom. The van der Waals surface area contributed by atoms with Crippen molar-refractivity contribution in [2.75, 3.05) is 24.5 Å². The second-order valence-electron chi connectivity index (χ2n) is 9.72. The van der Waals surface area contributed by atoms with Gasteiger partial charge in [-0.15, -0.1) is 0 Å². The van der Waals surface area contributed by atoms with Crippen LogP contribution in [0.5, 0.6) is 0 Å². The van der Waals surface area contributed by atoms with Crippen LogP contribution in [0.15, 0.2) is 66.2 Å². The Labute approximate surface area is 199 Å². The number of rotatable bonds is 8. The molecule has 2 aromatic rings. The van der Waals surface area contributed by atoms with Crippen LogP contribution in [0, 0.1) is 0 Å². The van der Waals surface area contributed by atoms with Gasteiger partial charge in [0.2, 0.25) is 0 Å². The molecule has 0 saturated carbocycles. The monoisotopic (exact) mass is 445 g/mol. The molecule has 2 aromatic carbocycles. The van der Waals surface area contributed by atoms with Gasteiger partial charge in [0.25, 0.3) is 5.91 Å². The highest BCUT2D eigenvalue weighted by molar-refractivity contribution is 5.94. The van der Waals surface area contributed by atoms with Crippen molar-refractivity contribution in [3.63, 3.8) is 0 Å². The number of hydrogen-bond acceptors (Lipinski definition) is 3. The molecule has 4 rings (SSSR count). The van der Waals surface area contributed by atoms with Gasteiger partial charge in [0.1, 0.15) is 0 Å². The zero-order chi connectivity index (χ0) is 23.4. The van der Waals surface area contributed by atoms with Crippen molar-refractivity contribution in [3.8, 4) is 0 Å². The van der Waals surface area contributed by atoms with Crippen LogP contribution in [0.2, 0.25) is 0 Å². The number of allylic oxidation sites excluding steroid dienone is 1. The number of piperidine rings is 1. The molecule has 2 aliphatic heterocycles. The molecule has 0 aromatic heterocycles. The van der Waals surface area contributed by atoms with E-state index < -0.39 is 0 Å². The Morgan fingerprint density at radius 1 is 0.909 bits per heavy atom. The summed E-state index contributed by atoms with van der Waals surface area (Å²) >= 11 is 0. The summed E-state index contributed by atoms with van der Waals surface area (Å²) in [6, 6.07) is 20.8. The minimum atomic E-state index is 0.114. The fourth-order valence-corrected chi connectivity index (χ4v) is 5.66. The Morgan fingerprint density at radius 2 is 1.48 bits per heavy atom. The summed E-state index contributed by atoms with van der Waals surface area (Å²) in [5.41, 5.74) is 4.59. The molecule has 0 radical (unpaired) electrons. The fourth-order valence-electron chi connectivity index (χ4n) is 5.66. The lowest BCUT2D eigenvalue weighted by molar-refractivity contribution is 0.0773. The fraction of sp³-hybridized carbons (Fsp3) is 0.483. The largest absolute Gasteiger partial charge is 0.339 e. The van der Waals surface area contributed by atoms with Gasteiger partial charge < -0.3 is 9.80 Å². The topological polar surface area (TPSA) is 26.8 Å². The molecule has 0 spiro atoms. The van der Waals surface area contributed by atoms with Gasteiger partial charge in [-0.2, -0.15) is 0 Å². The zero-order valence-corrected chi connectivity index (χ0v) is 20.7. The summed E-state index contributed by atoms with van der Waals surface area (Å²) in [6.45, 7) is 11.0. The summed E-state index contributed by atoms with van der Waals surface area (Å²) in [4.78, 5) is 19.9. The molecule has 0 aliphatic carbocycles. The summed E-state index contributed by atoms with van der Waals surface area (Å²) < 4.78 is 0. The lowest BCUT2D eigenvalue weighted by atomic mass is 9.94. The van der Waals surface area contributed by atoms with E-state index in [1.807, 2.05) is 30.9 Å². The lowest BCUT2D eigenvalue weighted by Crippen LogP contribution is -2.49. The molecule has 1 amide bonds. The lowest BCUT2D eigenvalue weighted by Gasteiger charge is -2.44.